The van der Waals surface area contributed by atoms with Crippen molar-refractivity contribution in [1.82, 2.24) is 15.2 Å². The van der Waals surface area contributed by atoms with Gasteiger partial charge in [0.05, 0.1) is 17.1 Å². The maximum Gasteiger partial charge on any atom is 0.213 e. The van der Waals surface area contributed by atoms with Crippen LogP contribution in [0.3, 0.4) is 0 Å². The van der Waals surface area contributed by atoms with Crippen LogP contribution in [0.1, 0.15) is 32.8 Å². The number of hydrogen-bond donors (Lipinski definition) is 1. The molecular weight excluding hydrogens is 340 g/mol. The van der Waals surface area contributed by atoms with Crippen LogP contribution in [0.25, 0.3) is 0 Å². The van der Waals surface area contributed by atoms with Crippen molar-refractivity contribution >= 4 is 15.8 Å². The van der Waals surface area contributed by atoms with Gasteiger partial charge in [-0.05, 0) is 25.8 Å². The number of guanidine groups is 1. The monoisotopic (exact) mass is 368 g/mol. The van der Waals surface area contributed by atoms with E-state index in [9.17, 15) is 8.42 Å². The molecule has 140 valence electrons. The molecule has 7 nitrogen and oxygen atoms in total. The fraction of sp³-hybridized carbons (Fsp3) is 0.647. The summed E-state index contributed by atoms with van der Waals surface area (Å²) in [7, 11) is -1.36. The maximum atomic E-state index is 12.1. The van der Waals surface area contributed by atoms with Gasteiger partial charge in [0.15, 0.2) is 15.8 Å². The highest BCUT2D eigenvalue weighted by atomic mass is 32.2. The molecule has 0 saturated carbocycles. The second-order valence-corrected chi connectivity index (χ2v) is 9.50. The molecule has 2 rings (SSSR count). The van der Waals surface area contributed by atoms with Crippen LogP contribution in [0.5, 0.6) is 5.88 Å². The molecular formula is C17H28N4O3S. The third-order valence-corrected chi connectivity index (χ3v) is 6.79. The fourth-order valence-electron chi connectivity index (χ4n) is 2.65. The molecule has 1 saturated heterocycles. The zero-order valence-electron chi connectivity index (χ0n) is 15.4. The van der Waals surface area contributed by atoms with Crippen LogP contribution in [0.2, 0.25) is 0 Å². The summed E-state index contributed by atoms with van der Waals surface area (Å²) in [6.45, 7) is 7.69. The number of aromatic nitrogens is 1. The zero-order chi connectivity index (χ0) is 18.5. The highest BCUT2D eigenvalue weighted by molar-refractivity contribution is 7.92. The Bertz CT molecular complexity index is 699. The molecule has 1 aromatic heterocycles. The zero-order valence-corrected chi connectivity index (χ0v) is 16.3. The predicted octanol–water partition coefficient (Wildman–Crippen LogP) is 1.45. The third kappa shape index (κ3) is 4.84. The normalized spacial score (nSPS) is 19.5. The average molecular weight is 369 g/mol. The summed E-state index contributed by atoms with van der Waals surface area (Å²) in [5, 5.41) is 3.28. The molecule has 25 heavy (non-hydrogen) atoms. The second kappa shape index (κ2) is 8.03. The smallest absolute Gasteiger partial charge is 0.213 e. The molecule has 1 N–H and O–H groups in total. The highest BCUT2D eigenvalue weighted by Gasteiger charge is 2.40. The first kappa shape index (κ1) is 19.5. The quantitative estimate of drug-likeness (QED) is 0.626. The number of rotatable bonds is 5. The lowest BCUT2D eigenvalue weighted by Gasteiger charge is -2.39. The standard InChI is InChI=1S/C17H28N4O3S/c1-5-9-24-15-7-6-14(11-19-15)12-20-16(18-4)21-8-10-25(22,23)17(2,3)13-21/h6-7,11H,5,8-10,12-13H2,1-4H3,(H,18,20). The minimum absolute atomic E-state index is 0.145. The van der Waals surface area contributed by atoms with Gasteiger partial charge in [-0.15, -0.1) is 0 Å². The maximum absolute atomic E-state index is 12.1. The van der Waals surface area contributed by atoms with E-state index < -0.39 is 14.6 Å². The molecule has 0 aliphatic carbocycles. The SMILES string of the molecule is CCCOc1ccc(CNC(=NC)N2CCS(=O)(=O)C(C)(C)C2)cn1. The van der Waals surface area contributed by atoms with E-state index in [0.717, 1.165) is 12.0 Å². The molecule has 2 heterocycles. The van der Waals surface area contributed by atoms with E-state index in [2.05, 4.69) is 22.2 Å². The summed E-state index contributed by atoms with van der Waals surface area (Å²) in [5.41, 5.74) is 1.01. The van der Waals surface area contributed by atoms with E-state index in [1.54, 1.807) is 27.1 Å². The van der Waals surface area contributed by atoms with Crippen LogP contribution in [-0.2, 0) is 16.4 Å². The van der Waals surface area contributed by atoms with E-state index in [1.165, 1.54) is 0 Å². The van der Waals surface area contributed by atoms with Gasteiger partial charge in [0.1, 0.15) is 0 Å². The van der Waals surface area contributed by atoms with Gasteiger partial charge in [-0.2, -0.15) is 0 Å². The molecule has 1 aliphatic heterocycles. The first-order valence-electron chi connectivity index (χ1n) is 8.54. The molecule has 1 aromatic rings. The third-order valence-electron chi connectivity index (χ3n) is 4.26. The van der Waals surface area contributed by atoms with Crippen LogP contribution in [0.4, 0.5) is 0 Å². The number of hydrogen-bond acceptors (Lipinski definition) is 5. The Hall–Kier alpha value is -1.83. The Morgan fingerprint density at radius 2 is 2.20 bits per heavy atom. The average Bonchev–Trinajstić information content (AvgIpc) is 2.57. The van der Waals surface area contributed by atoms with Crippen molar-refractivity contribution < 1.29 is 13.2 Å². The molecule has 8 heteroatoms. The summed E-state index contributed by atoms with van der Waals surface area (Å²) in [6, 6.07) is 3.81. The number of aliphatic imine (C=N–C) groups is 1. The van der Waals surface area contributed by atoms with Crippen molar-refractivity contribution in [2.45, 2.75) is 38.5 Å². The van der Waals surface area contributed by atoms with Gasteiger partial charge in [0, 0.05) is 38.9 Å². The largest absolute Gasteiger partial charge is 0.478 e. The van der Waals surface area contributed by atoms with Gasteiger partial charge < -0.3 is 15.0 Å². The molecule has 0 amide bonds. The summed E-state index contributed by atoms with van der Waals surface area (Å²) < 4.78 is 29.0. The number of sulfone groups is 1. The Morgan fingerprint density at radius 3 is 2.76 bits per heavy atom. The fourth-order valence-corrected chi connectivity index (χ4v) is 4.01. The van der Waals surface area contributed by atoms with Gasteiger partial charge in [-0.3, -0.25) is 4.99 Å². The van der Waals surface area contributed by atoms with Crippen molar-refractivity contribution in [1.29, 1.82) is 0 Å². The van der Waals surface area contributed by atoms with E-state index in [1.807, 2.05) is 17.0 Å². The minimum Gasteiger partial charge on any atom is -0.478 e. The second-order valence-electron chi connectivity index (χ2n) is 6.75. The van der Waals surface area contributed by atoms with Gasteiger partial charge >= 0.3 is 0 Å². The van der Waals surface area contributed by atoms with Crippen molar-refractivity contribution in [2.75, 3.05) is 32.5 Å². The van der Waals surface area contributed by atoms with Gasteiger partial charge in [0.2, 0.25) is 5.88 Å². The lowest BCUT2D eigenvalue weighted by Crippen LogP contribution is -2.57. The molecule has 0 unspecified atom stereocenters. The molecule has 0 aromatic carbocycles. The topological polar surface area (TPSA) is 83.9 Å². The highest BCUT2D eigenvalue weighted by Crippen LogP contribution is 2.23. The number of ether oxygens (including phenoxy) is 1. The lowest BCUT2D eigenvalue weighted by atomic mass is 10.2. The predicted molar refractivity (Wildman–Crippen MR) is 99.7 cm³/mol. The van der Waals surface area contributed by atoms with E-state index in [0.29, 0.717) is 38.1 Å². The van der Waals surface area contributed by atoms with Gasteiger partial charge in [0.25, 0.3) is 0 Å². The molecule has 0 radical (unpaired) electrons. The molecule has 0 spiro atoms. The molecule has 0 atom stereocenters. The van der Waals surface area contributed by atoms with Crippen LogP contribution in [0, 0.1) is 0 Å². The van der Waals surface area contributed by atoms with Crippen LogP contribution < -0.4 is 10.1 Å². The van der Waals surface area contributed by atoms with Crippen molar-refractivity contribution in [3.05, 3.63) is 23.9 Å². The van der Waals surface area contributed by atoms with Crippen LogP contribution in [-0.4, -0.2) is 61.5 Å². The lowest BCUT2D eigenvalue weighted by molar-refractivity contribution is 0.305. The van der Waals surface area contributed by atoms with Crippen molar-refractivity contribution in [3.8, 4) is 5.88 Å². The first-order chi connectivity index (χ1) is 11.8. The Morgan fingerprint density at radius 1 is 1.44 bits per heavy atom. The van der Waals surface area contributed by atoms with Crippen LogP contribution >= 0.6 is 0 Å². The molecule has 0 bridgehead atoms. The Balaban J connectivity index is 1.95. The summed E-state index contributed by atoms with van der Waals surface area (Å²) in [6.07, 6.45) is 2.72. The summed E-state index contributed by atoms with van der Waals surface area (Å²) >= 11 is 0. The number of nitrogens with zero attached hydrogens (tertiary/aromatic N) is 3. The van der Waals surface area contributed by atoms with E-state index >= 15 is 0 Å². The van der Waals surface area contributed by atoms with E-state index in [4.69, 9.17) is 4.74 Å². The van der Waals surface area contributed by atoms with Gasteiger partial charge in [-0.25, -0.2) is 13.4 Å². The Kier molecular flexibility index (Phi) is 6.26. The summed E-state index contributed by atoms with van der Waals surface area (Å²) in [4.78, 5) is 10.6. The summed E-state index contributed by atoms with van der Waals surface area (Å²) in [5.74, 6) is 1.47. The number of pyridine rings is 1. The van der Waals surface area contributed by atoms with Crippen molar-refractivity contribution in [3.63, 3.8) is 0 Å². The Labute approximate surface area is 150 Å². The first-order valence-corrected chi connectivity index (χ1v) is 10.2. The van der Waals surface area contributed by atoms with Crippen molar-refractivity contribution in [2.24, 2.45) is 4.99 Å². The molecule has 1 aliphatic rings. The van der Waals surface area contributed by atoms with Crippen LogP contribution in [0.15, 0.2) is 23.3 Å². The van der Waals surface area contributed by atoms with Gasteiger partial charge in [-0.1, -0.05) is 13.0 Å². The number of nitrogens with one attached hydrogen (secondary N) is 1. The van der Waals surface area contributed by atoms with E-state index in [-0.39, 0.29) is 5.75 Å². The molecule has 1 fully saturated rings. The minimum atomic E-state index is -3.06.